The van der Waals surface area contributed by atoms with E-state index in [9.17, 15) is 14.3 Å². The Balaban J connectivity index is 1.68. The average molecular weight is 448 g/mol. The van der Waals surface area contributed by atoms with E-state index in [1.165, 1.54) is 12.1 Å². The minimum Gasteiger partial charge on any atom is -0.507 e. The number of nitrogens with zero attached hydrogens (tertiary/aromatic N) is 2. The number of benzene rings is 3. The molecule has 1 amide bonds. The summed E-state index contributed by atoms with van der Waals surface area (Å²) in [6.45, 7) is 2.29. The molecule has 160 valence electrons. The van der Waals surface area contributed by atoms with Crippen molar-refractivity contribution in [3.63, 3.8) is 0 Å². The molecule has 0 radical (unpaired) electrons. The fourth-order valence-corrected chi connectivity index (χ4v) is 4.35. The van der Waals surface area contributed by atoms with Gasteiger partial charge >= 0.3 is 0 Å². The lowest BCUT2D eigenvalue weighted by atomic mass is 9.95. The molecule has 0 saturated heterocycles. The van der Waals surface area contributed by atoms with Gasteiger partial charge in [-0.15, -0.1) is 0 Å². The van der Waals surface area contributed by atoms with Crippen LogP contribution in [0.5, 0.6) is 5.75 Å². The number of hydrogen-bond donors (Lipinski definition) is 2. The van der Waals surface area contributed by atoms with Gasteiger partial charge in [-0.2, -0.15) is 5.10 Å². The molecule has 0 spiro atoms. The highest BCUT2D eigenvalue weighted by Gasteiger charge is 2.43. The molecule has 4 aromatic rings. The Kier molecular flexibility index (Phi) is 4.94. The van der Waals surface area contributed by atoms with Crippen LogP contribution < -0.4 is 0 Å². The summed E-state index contributed by atoms with van der Waals surface area (Å²) in [6, 6.07) is 18.2. The van der Waals surface area contributed by atoms with Crippen LogP contribution in [0.1, 0.15) is 38.8 Å². The van der Waals surface area contributed by atoms with Crippen molar-refractivity contribution in [1.29, 1.82) is 0 Å². The highest BCUT2D eigenvalue weighted by atomic mass is 35.5. The van der Waals surface area contributed by atoms with Crippen LogP contribution >= 0.6 is 11.6 Å². The first-order valence-electron chi connectivity index (χ1n) is 10.1. The van der Waals surface area contributed by atoms with Gasteiger partial charge < -0.3 is 10.0 Å². The van der Waals surface area contributed by atoms with Crippen molar-refractivity contribution < 1.29 is 14.3 Å². The van der Waals surface area contributed by atoms with Crippen LogP contribution in [0.2, 0.25) is 5.02 Å². The van der Waals surface area contributed by atoms with Crippen LogP contribution in [0.3, 0.4) is 0 Å². The summed E-state index contributed by atoms with van der Waals surface area (Å²) >= 11 is 6.15. The van der Waals surface area contributed by atoms with E-state index < -0.39 is 11.9 Å². The van der Waals surface area contributed by atoms with Gasteiger partial charge in [0.15, 0.2) is 0 Å². The van der Waals surface area contributed by atoms with Crippen molar-refractivity contribution in [2.75, 3.05) is 0 Å². The molecule has 1 aromatic heterocycles. The molecule has 1 unspecified atom stereocenters. The van der Waals surface area contributed by atoms with Crippen molar-refractivity contribution in [3.05, 3.63) is 106 Å². The highest BCUT2D eigenvalue weighted by molar-refractivity contribution is 6.31. The maximum absolute atomic E-state index is 15.0. The average Bonchev–Trinajstić information content (AvgIpc) is 3.31. The van der Waals surface area contributed by atoms with Crippen LogP contribution in [-0.4, -0.2) is 26.1 Å². The quantitative estimate of drug-likeness (QED) is 0.426. The van der Waals surface area contributed by atoms with Crippen molar-refractivity contribution in [2.24, 2.45) is 0 Å². The Hall–Kier alpha value is -3.64. The van der Waals surface area contributed by atoms with Gasteiger partial charge in [-0.1, -0.05) is 59.6 Å². The summed E-state index contributed by atoms with van der Waals surface area (Å²) < 4.78 is 15.0. The van der Waals surface area contributed by atoms with E-state index in [0.29, 0.717) is 34.0 Å². The molecule has 0 aliphatic carbocycles. The molecule has 3 aromatic carbocycles. The van der Waals surface area contributed by atoms with Crippen LogP contribution in [0, 0.1) is 12.7 Å². The van der Waals surface area contributed by atoms with Gasteiger partial charge in [0.05, 0.1) is 6.04 Å². The van der Waals surface area contributed by atoms with Crippen molar-refractivity contribution in [2.45, 2.75) is 19.5 Å². The standard InChI is InChI=1S/C25H19ClFN3O2/c1-14-6-8-15(9-7-14)13-30-24(17-4-2-3-5-19(17)27)21-22(28-29-23(21)25(30)32)18-12-16(26)10-11-20(18)31/h2-12,24,31H,13H2,1H3,(H,28,29). The molecule has 0 saturated carbocycles. The molecule has 7 heteroatoms. The number of carbonyl (C=O) groups is 1. The van der Waals surface area contributed by atoms with Gasteiger partial charge in [-0.3, -0.25) is 9.89 Å². The minimum atomic E-state index is -0.716. The monoisotopic (exact) mass is 447 g/mol. The van der Waals surface area contributed by atoms with Crippen LogP contribution in [0.25, 0.3) is 11.3 Å². The highest BCUT2D eigenvalue weighted by Crippen LogP contribution is 2.46. The SMILES string of the molecule is Cc1ccc(CN2C(=O)c3[nH]nc(-c4cc(Cl)ccc4O)c3C2c2ccccc2F)cc1. The number of phenols is 1. The third kappa shape index (κ3) is 3.33. The van der Waals surface area contributed by atoms with Gasteiger partial charge in [0, 0.05) is 28.3 Å². The minimum absolute atomic E-state index is 0.0274. The zero-order valence-corrected chi connectivity index (χ0v) is 17.9. The van der Waals surface area contributed by atoms with Gasteiger partial charge in [-0.25, -0.2) is 4.39 Å². The number of aromatic amines is 1. The molecule has 0 bridgehead atoms. The van der Waals surface area contributed by atoms with E-state index in [1.807, 2.05) is 31.2 Å². The first-order chi connectivity index (χ1) is 15.4. The first-order valence-corrected chi connectivity index (χ1v) is 10.5. The van der Waals surface area contributed by atoms with Gasteiger partial charge in [-0.05, 0) is 36.8 Å². The Bertz CT molecular complexity index is 1330. The molecule has 5 rings (SSSR count). The topological polar surface area (TPSA) is 69.2 Å². The van der Waals surface area contributed by atoms with E-state index in [2.05, 4.69) is 10.2 Å². The summed E-state index contributed by atoms with van der Waals surface area (Å²) in [7, 11) is 0. The molecular formula is C25H19ClFN3O2. The third-order valence-corrected chi connectivity index (χ3v) is 5.99. The zero-order valence-electron chi connectivity index (χ0n) is 17.1. The van der Waals surface area contributed by atoms with E-state index in [4.69, 9.17) is 11.6 Å². The second-order valence-corrected chi connectivity index (χ2v) is 8.30. The number of phenolic OH excluding ortho intramolecular Hbond substituents is 1. The first kappa shape index (κ1) is 20.3. The molecule has 1 aliphatic rings. The van der Waals surface area contributed by atoms with E-state index in [-0.39, 0.29) is 17.4 Å². The molecule has 1 aliphatic heterocycles. The zero-order chi connectivity index (χ0) is 22.4. The second kappa shape index (κ2) is 7.80. The number of halogens is 2. The number of H-pyrrole nitrogens is 1. The summed E-state index contributed by atoms with van der Waals surface area (Å²) in [5.41, 5.74) is 3.94. The third-order valence-electron chi connectivity index (χ3n) is 5.75. The van der Waals surface area contributed by atoms with Gasteiger partial charge in [0.2, 0.25) is 0 Å². The molecule has 1 atom stereocenters. The maximum Gasteiger partial charge on any atom is 0.273 e. The normalized spacial score (nSPS) is 15.3. The Morgan fingerprint density at radius 1 is 1.12 bits per heavy atom. The van der Waals surface area contributed by atoms with Crippen LogP contribution in [0.15, 0.2) is 66.7 Å². The number of aromatic hydroxyl groups is 1. The summed E-state index contributed by atoms with van der Waals surface area (Å²) in [4.78, 5) is 15.0. The van der Waals surface area contributed by atoms with E-state index >= 15 is 0 Å². The van der Waals surface area contributed by atoms with Gasteiger partial charge in [0.1, 0.15) is 23.0 Å². The number of aryl methyl sites for hydroxylation is 1. The van der Waals surface area contributed by atoms with Crippen molar-refractivity contribution in [1.82, 2.24) is 15.1 Å². The number of nitrogens with one attached hydrogen (secondary N) is 1. The maximum atomic E-state index is 15.0. The fourth-order valence-electron chi connectivity index (χ4n) is 4.17. The van der Waals surface area contributed by atoms with E-state index in [0.717, 1.165) is 11.1 Å². The number of rotatable bonds is 4. The number of aromatic nitrogens is 2. The molecule has 5 nitrogen and oxygen atoms in total. The molecular weight excluding hydrogens is 429 g/mol. The predicted molar refractivity (Wildman–Crippen MR) is 120 cm³/mol. The van der Waals surface area contributed by atoms with Gasteiger partial charge in [0.25, 0.3) is 5.91 Å². The van der Waals surface area contributed by atoms with Crippen molar-refractivity contribution in [3.8, 4) is 17.0 Å². The predicted octanol–water partition coefficient (Wildman–Crippen LogP) is 5.63. The Morgan fingerprint density at radius 2 is 1.88 bits per heavy atom. The number of fused-ring (bicyclic) bond motifs is 1. The summed E-state index contributed by atoms with van der Waals surface area (Å²) in [5.74, 6) is -0.732. The molecule has 32 heavy (non-hydrogen) atoms. The fraction of sp³-hybridized carbons (Fsp3) is 0.120. The van der Waals surface area contributed by atoms with Crippen LogP contribution in [0.4, 0.5) is 4.39 Å². The summed E-state index contributed by atoms with van der Waals surface area (Å²) in [6.07, 6.45) is 0. The molecule has 2 N–H and O–H groups in total. The Morgan fingerprint density at radius 3 is 2.62 bits per heavy atom. The van der Waals surface area contributed by atoms with Crippen LogP contribution in [-0.2, 0) is 6.54 Å². The lowest BCUT2D eigenvalue weighted by Gasteiger charge is -2.27. The number of carbonyl (C=O) groups excluding carboxylic acids is 1. The lowest BCUT2D eigenvalue weighted by molar-refractivity contribution is 0.0728. The largest absolute Gasteiger partial charge is 0.507 e. The summed E-state index contributed by atoms with van der Waals surface area (Å²) in [5, 5.41) is 18.0. The number of amides is 1. The lowest BCUT2D eigenvalue weighted by Crippen LogP contribution is -2.29. The molecule has 2 heterocycles. The number of hydrogen-bond acceptors (Lipinski definition) is 3. The smallest absolute Gasteiger partial charge is 0.273 e. The van der Waals surface area contributed by atoms with E-state index in [1.54, 1.807) is 35.2 Å². The molecule has 0 fully saturated rings. The second-order valence-electron chi connectivity index (χ2n) is 7.87. The van der Waals surface area contributed by atoms with Crippen molar-refractivity contribution >= 4 is 17.5 Å². The Labute approximate surface area is 189 Å².